The lowest BCUT2D eigenvalue weighted by atomic mass is 10.1. The number of hydrogen-bond acceptors (Lipinski definition) is 2. The molecule has 0 saturated heterocycles. The van der Waals surface area contributed by atoms with Crippen molar-refractivity contribution in [3.8, 4) is 0 Å². The number of rotatable bonds is 7. The van der Waals surface area contributed by atoms with Crippen molar-refractivity contribution in [3.63, 3.8) is 0 Å². The van der Waals surface area contributed by atoms with Crippen LogP contribution >= 0.6 is 0 Å². The first-order chi connectivity index (χ1) is 7.34. The Balaban J connectivity index is 2.12. The van der Waals surface area contributed by atoms with Crippen molar-refractivity contribution in [2.24, 2.45) is 0 Å². The van der Waals surface area contributed by atoms with Gasteiger partial charge in [0.2, 0.25) is 0 Å². The van der Waals surface area contributed by atoms with Crippen LogP contribution in [0.4, 0.5) is 0 Å². The zero-order valence-corrected chi connectivity index (χ0v) is 9.92. The fourth-order valence-corrected chi connectivity index (χ4v) is 1.60. The highest BCUT2D eigenvalue weighted by atomic mass is 14.8. The molecule has 0 radical (unpaired) electrons. The summed E-state index contributed by atoms with van der Waals surface area (Å²) in [6.45, 7) is 6.46. The number of aromatic nitrogens is 1. The van der Waals surface area contributed by atoms with Crippen LogP contribution in [0.25, 0.3) is 0 Å². The molecule has 0 aliphatic carbocycles. The molecule has 0 amide bonds. The van der Waals surface area contributed by atoms with Crippen LogP contribution in [-0.2, 0) is 6.54 Å². The summed E-state index contributed by atoms with van der Waals surface area (Å²) in [5.41, 5.74) is 2.64. The lowest BCUT2D eigenvalue weighted by molar-refractivity contribution is 0.597. The van der Waals surface area contributed by atoms with Gasteiger partial charge < -0.3 is 5.32 Å². The SMILES string of the molecule is CCCCCCNCc1ccncc1C. The number of nitrogens with one attached hydrogen (secondary N) is 1. The van der Waals surface area contributed by atoms with Gasteiger partial charge >= 0.3 is 0 Å². The molecule has 1 N–H and O–H groups in total. The molecule has 15 heavy (non-hydrogen) atoms. The minimum absolute atomic E-state index is 0.973. The third-order valence-corrected chi connectivity index (χ3v) is 2.66. The molecule has 0 saturated carbocycles. The molecule has 0 fully saturated rings. The third kappa shape index (κ3) is 4.93. The first-order valence-corrected chi connectivity index (χ1v) is 5.94. The minimum Gasteiger partial charge on any atom is -0.313 e. The van der Waals surface area contributed by atoms with Gasteiger partial charge in [-0.1, -0.05) is 26.2 Å². The van der Waals surface area contributed by atoms with Crippen molar-refractivity contribution in [1.29, 1.82) is 0 Å². The summed E-state index contributed by atoms with van der Waals surface area (Å²) in [6, 6.07) is 2.09. The quantitative estimate of drug-likeness (QED) is 0.694. The first kappa shape index (κ1) is 12.2. The second-order valence-corrected chi connectivity index (χ2v) is 4.04. The summed E-state index contributed by atoms with van der Waals surface area (Å²) < 4.78 is 0. The highest BCUT2D eigenvalue weighted by Gasteiger charge is 1.96. The van der Waals surface area contributed by atoms with Gasteiger partial charge in [0.1, 0.15) is 0 Å². The van der Waals surface area contributed by atoms with Crippen molar-refractivity contribution in [2.45, 2.75) is 46.1 Å². The zero-order chi connectivity index (χ0) is 10.9. The Morgan fingerprint density at radius 3 is 2.87 bits per heavy atom. The van der Waals surface area contributed by atoms with Crippen LogP contribution in [0.3, 0.4) is 0 Å². The number of hydrogen-bond donors (Lipinski definition) is 1. The molecule has 0 bridgehead atoms. The van der Waals surface area contributed by atoms with E-state index < -0.39 is 0 Å². The molecule has 1 heterocycles. The van der Waals surface area contributed by atoms with Crippen LogP contribution in [0, 0.1) is 6.92 Å². The summed E-state index contributed by atoms with van der Waals surface area (Å²) in [7, 11) is 0. The number of nitrogens with zero attached hydrogens (tertiary/aromatic N) is 1. The molecule has 0 unspecified atom stereocenters. The van der Waals surface area contributed by atoms with E-state index in [4.69, 9.17) is 0 Å². The van der Waals surface area contributed by atoms with Crippen LogP contribution in [0.15, 0.2) is 18.5 Å². The molecule has 84 valence electrons. The number of aryl methyl sites for hydroxylation is 1. The number of pyridine rings is 1. The Morgan fingerprint density at radius 1 is 1.27 bits per heavy atom. The normalized spacial score (nSPS) is 10.5. The smallest absolute Gasteiger partial charge is 0.0300 e. The van der Waals surface area contributed by atoms with Gasteiger partial charge in [0.15, 0.2) is 0 Å². The average molecular weight is 206 g/mol. The molecular formula is C13H22N2. The lowest BCUT2D eigenvalue weighted by Gasteiger charge is -2.06. The van der Waals surface area contributed by atoms with Crippen LogP contribution in [0.1, 0.15) is 43.7 Å². The molecule has 1 aromatic heterocycles. The van der Waals surface area contributed by atoms with E-state index in [0.717, 1.165) is 13.1 Å². The molecule has 0 atom stereocenters. The van der Waals surface area contributed by atoms with E-state index in [1.807, 2.05) is 12.4 Å². The van der Waals surface area contributed by atoms with Gasteiger partial charge in [-0.15, -0.1) is 0 Å². The second kappa shape index (κ2) is 7.41. The van der Waals surface area contributed by atoms with Gasteiger partial charge in [0.05, 0.1) is 0 Å². The van der Waals surface area contributed by atoms with Crippen molar-refractivity contribution in [1.82, 2.24) is 10.3 Å². The lowest BCUT2D eigenvalue weighted by Crippen LogP contribution is -2.15. The second-order valence-electron chi connectivity index (χ2n) is 4.04. The molecule has 2 heteroatoms. The van der Waals surface area contributed by atoms with Gasteiger partial charge in [-0.2, -0.15) is 0 Å². The van der Waals surface area contributed by atoms with E-state index in [2.05, 4.69) is 30.2 Å². The summed E-state index contributed by atoms with van der Waals surface area (Å²) >= 11 is 0. The molecule has 0 aliphatic rings. The van der Waals surface area contributed by atoms with Crippen LogP contribution in [0.5, 0.6) is 0 Å². The summed E-state index contributed by atoms with van der Waals surface area (Å²) in [5.74, 6) is 0. The van der Waals surface area contributed by atoms with Gasteiger partial charge in [0, 0.05) is 18.9 Å². The predicted molar refractivity (Wildman–Crippen MR) is 64.8 cm³/mol. The van der Waals surface area contributed by atoms with Gasteiger partial charge in [-0.3, -0.25) is 4.98 Å². The predicted octanol–water partition coefficient (Wildman–Crippen LogP) is 3.06. The van der Waals surface area contributed by atoms with Crippen molar-refractivity contribution < 1.29 is 0 Å². The monoisotopic (exact) mass is 206 g/mol. The van der Waals surface area contributed by atoms with E-state index in [1.165, 1.54) is 36.8 Å². The van der Waals surface area contributed by atoms with Crippen molar-refractivity contribution >= 4 is 0 Å². The fraction of sp³-hybridized carbons (Fsp3) is 0.615. The topological polar surface area (TPSA) is 24.9 Å². The Hall–Kier alpha value is -0.890. The summed E-state index contributed by atoms with van der Waals surface area (Å²) in [5, 5.41) is 3.47. The molecule has 1 aromatic rings. The van der Waals surface area contributed by atoms with Crippen LogP contribution < -0.4 is 5.32 Å². The third-order valence-electron chi connectivity index (χ3n) is 2.66. The van der Waals surface area contributed by atoms with E-state index in [9.17, 15) is 0 Å². The maximum atomic E-state index is 4.09. The van der Waals surface area contributed by atoms with Gasteiger partial charge in [0.25, 0.3) is 0 Å². The molecular weight excluding hydrogens is 184 g/mol. The highest BCUT2D eigenvalue weighted by Crippen LogP contribution is 2.04. The van der Waals surface area contributed by atoms with Crippen LogP contribution in [-0.4, -0.2) is 11.5 Å². The largest absolute Gasteiger partial charge is 0.313 e. The Kier molecular flexibility index (Phi) is 6.02. The zero-order valence-electron chi connectivity index (χ0n) is 9.92. The minimum atomic E-state index is 0.973. The fourth-order valence-electron chi connectivity index (χ4n) is 1.60. The van der Waals surface area contributed by atoms with Crippen molar-refractivity contribution in [3.05, 3.63) is 29.6 Å². The summed E-state index contributed by atoms with van der Waals surface area (Å²) in [4.78, 5) is 4.09. The van der Waals surface area contributed by atoms with Gasteiger partial charge in [-0.05, 0) is 37.1 Å². The van der Waals surface area contributed by atoms with E-state index in [1.54, 1.807) is 0 Å². The van der Waals surface area contributed by atoms with E-state index in [-0.39, 0.29) is 0 Å². The van der Waals surface area contributed by atoms with Crippen LogP contribution in [0.2, 0.25) is 0 Å². The first-order valence-electron chi connectivity index (χ1n) is 5.94. The number of unbranched alkanes of at least 4 members (excludes halogenated alkanes) is 3. The highest BCUT2D eigenvalue weighted by molar-refractivity contribution is 5.20. The van der Waals surface area contributed by atoms with Crippen molar-refractivity contribution in [2.75, 3.05) is 6.54 Å². The Labute approximate surface area is 93.1 Å². The molecule has 2 nitrogen and oxygen atoms in total. The summed E-state index contributed by atoms with van der Waals surface area (Å²) in [6.07, 6.45) is 9.09. The Morgan fingerprint density at radius 2 is 2.13 bits per heavy atom. The molecule has 0 spiro atoms. The Bertz CT molecular complexity index is 271. The molecule has 0 aromatic carbocycles. The standard InChI is InChI=1S/C13H22N2/c1-3-4-5-6-8-14-11-13-7-9-15-10-12(13)2/h7,9-10,14H,3-6,8,11H2,1-2H3. The van der Waals surface area contributed by atoms with E-state index >= 15 is 0 Å². The average Bonchev–Trinajstić information content (AvgIpc) is 2.25. The molecule has 1 rings (SSSR count). The molecule has 0 aliphatic heterocycles. The maximum Gasteiger partial charge on any atom is 0.0300 e. The maximum absolute atomic E-state index is 4.09. The van der Waals surface area contributed by atoms with Gasteiger partial charge in [-0.25, -0.2) is 0 Å². The van der Waals surface area contributed by atoms with E-state index in [0.29, 0.717) is 0 Å².